The fraction of sp³-hybridized carbons (Fsp3) is 0. The van der Waals surface area contributed by atoms with Crippen LogP contribution >= 0.6 is 0 Å². The maximum absolute atomic E-state index is 6.15. The van der Waals surface area contributed by atoms with Crippen molar-refractivity contribution in [1.29, 1.82) is 0 Å². The quantitative estimate of drug-likeness (QED) is 0.135. The Morgan fingerprint density at radius 2 is 0.316 bits per heavy atom. The molecule has 0 saturated heterocycles. The zero-order chi connectivity index (χ0) is 77.3. The summed E-state index contributed by atoms with van der Waals surface area (Å²) < 4.78 is 18.4. The molecule has 0 atom stereocenters. The highest BCUT2D eigenvalue weighted by Gasteiger charge is 2.24. The summed E-state index contributed by atoms with van der Waals surface area (Å²) in [7, 11) is 0. The van der Waals surface area contributed by atoms with Gasteiger partial charge in [-0.1, -0.05) is 376 Å². The molecule has 0 aliphatic carbocycles. The molecule has 0 unspecified atom stereocenters. The first-order valence-corrected chi connectivity index (χ1v) is 40.1. The van der Waals surface area contributed by atoms with Crippen LogP contribution < -0.4 is 0 Å². The van der Waals surface area contributed by atoms with Crippen molar-refractivity contribution in [2.75, 3.05) is 0 Å². The van der Waals surface area contributed by atoms with Gasteiger partial charge in [0.25, 0.3) is 0 Å². The number of furan rings is 3. The fourth-order valence-corrected chi connectivity index (χ4v) is 18.4. The van der Waals surface area contributed by atoms with Crippen LogP contribution in [0.25, 0.3) is 231 Å². The molecule has 24 aromatic rings. The largest absolute Gasteiger partial charge is 0.456 e. The predicted molar refractivity (Wildman–Crippen MR) is 495 cm³/mol. The van der Waals surface area contributed by atoms with Gasteiger partial charge in [-0.2, -0.15) is 0 Å². The maximum Gasteiger partial charge on any atom is 0.135 e. The third kappa shape index (κ3) is 12.0. The van der Waals surface area contributed by atoms with E-state index < -0.39 is 0 Å². The summed E-state index contributed by atoms with van der Waals surface area (Å²) in [5.74, 6) is 0. The van der Waals surface area contributed by atoms with E-state index in [0.29, 0.717) is 0 Å². The molecular weight excluding hydrogens is 1420 g/mol. The van der Waals surface area contributed by atoms with Gasteiger partial charge in [0.1, 0.15) is 33.5 Å². The van der Waals surface area contributed by atoms with Gasteiger partial charge in [0.2, 0.25) is 0 Å². The van der Waals surface area contributed by atoms with E-state index >= 15 is 0 Å². The van der Waals surface area contributed by atoms with Crippen molar-refractivity contribution >= 4 is 130 Å². The number of para-hydroxylation sites is 3. The molecule has 0 aliphatic heterocycles. The molecule has 3 nitrogen and oxygen atoms in total. The molecule has 0 amide bonds. The van der Waals surface area contributed by atoms with Crippen molar-refractivity contribution in [3.63, 3.8) is 0 Å². The van der Waals surface area contributed by atoms with Crippen LogP contribution in [0.15, 0.2) is 450 Å². The van der Waals surface area contributed by atoms with Gasteiger partial charge in [0.15, 0.2) is 0 Å². The second kappa shape index (κ2) is 29.0. The topological polar surface area (TPSA) is 39.4 Å². The molecule has 0 aliphatic rings. The van der Waals surface area contributed by atoms with Gasteiger partial charge in [-0.25, -0.2) is 0 Å². The summed E-state index contributed by atoms with van der Waals surface area (Å²) in [5, 5.41) is 22.0. The van der Waals surface area contributed by atoms with E-state index in [1.165, 1.54) is 165 Å². The normalized spacial score (nSPS) is 11.6. The Bertz CT molecular complexity index is 7810. The Morgan fingerprint density at radius 1 is 0.103 bits per heavy atom. The zero-order valence-electron chi connectivity index (χ0n) is 63.8. The SMILES string of the molecule is c1ccc(-c2ccc(-c3c4ccccc4c(-c4ccc5oc6ccccc6c5c4)c4ccccc34)cc2)cc1.c1ccc(-c2cccc(-c3c4ccccc4c(-c4ccc5oc6ccccc6c5c4)c4ccccc34)c2)cc1.c1ccc(-c2ccccc2-c2c3ccccc3c(-c3ccc4oc5ccccc5c4c3)c3ccccc23)cc1. The van der Waals surface area contributed by atoms with Gasteiger partial charge in [0.05, 0.1) is 0 Å². The van der Waals surface area contributed by atoms with Crippen molar-refractivity contribution in [2.45, 2.75) is 0 Å². The van der Waals surface area contributed by atoms with E-state index in [0.717, 1.165) is 65.8 Å². The molecule has 0 fully saturated rings. The van der Waals surface area contributed by atoms with Gasteiger partial charge >= 0.3 is 0 Å². The third-order valence-electron chi connectivity index (χ3n) is 23.6. The van der Waals surface area contributed by atoms with Gasteiger partial charge < -0.3 is 13.3 Å². The first kappa shape index (κ1) is 68.4. The molecule has 117 heavy (non-hydrogen) atoms. The van der Waals surface area contributed by atoms with Crippen LogP contribution in [0.3, 0.4) is 0 Å². The van der Waals surface area contributed by atoms with Crippen LogP contribution in [-0.2, 0) is 0 Å². The molecule has 21 aromatic carbocycles. The Balaban J connectivity index is 0.000000106. The lowest BCUT2D eigenvalue weighted by atomic mass is 9.83. The molecule has 0 spiro atoms. The molecular formula is C114H72O3. The van der Waals surface area contributed by atoms with Gasteiger partial charge in [0, 0.05) is 32.3 Å². The summed E-state index contributed by atoms with van der Waals surface area (Å²) in [5.41, 5.74) is 27.8. The second-order valence-corrected chi connectivity index (χ2v) is 30.3. The van der Waals surface area contributed by atoms with Crippen LogP contribution in [0.5, 0.6) is 0 Å². The molecule has 0 bridgehead atoms. The van der Waals surface area contributed by atoms with E-state index in [4.69, 9.17) is 13.3 Å². The molecule has 3 heterocycles. The lowest BCUT2D eigenvalue weighted by Crippen LogP contribution is -1.92. The monoisotopic (exact) mass is 1490 g/mol. The Hall–Kier alpha value is -15.4. The molecule has 24 rings (SSSR count). The highest BCUT2D eigenvalue weighted by atomic mass is 16.3. The van der Waals surface area contributed by atoms with E-state index in [1.54, 1.807) is 0 Å². The first-order chi connectivity index (χ1) is 58.1. The minimum absolute atomic E-state index is 0.918. The Labute approximate surface area is 676 Å². The van der Waals surface area contributed by atoms with Crippen molar-refractivity contribution in [3.8, 4) is 100 Å². The molecule has 3 heteroatoms. The van der Waals surface area contributed by atoms with E-state index in [-0.39, 0.29) is 0 Å². The highest BCUT2D eigenvalue weighted by Crippen LogP contribution is 2.51. The van der Waals surface area contributed by atoms with Crippen LogP contribution in [0.2, 0.25) is 0 Å². The molecule has 0 radical (unpaired) electrons. The maximum atomic E-state index is 6.15. The molecule has 0 N–H and O–H groups in total. The van der Waals surface area contributed by atoms with Crippen molar-refractivity contribution < 1.29 is 13.3 Å². The number of hydrogen-bond acceptors (Lipinski definition) is 3. The predicted octanol–water partition coefficient (Wildman–Crippen LogP) is 32.7. The van der Waals surface area contributed by atoms with Gasteiger partial charge in [-0.15, -0.1) is 0 Å². The lowest BCUT2D eigenvalue weighted by Gasteiger charge is -2.19. The fourth-order valence-electron chi connectivity index (χ4n) is 18.4. The highest BCUT2D eigenvalue weighted by molar-refractivity contribution is 6.26. The van der Waals surface area contributed by atoms with Crippen LogP contribution in [-0.4, -0.2) is 0 Å². The minimum atomic E-state index is 0.918. The smallest absolute Gasteiger partial charge is 0.135 e. The number of fused-ring (bicyclic) bond motifs is 15. The molecule has 546 valence electrons. The lowest BCUT2D eigenvalue weighted by molar-refractivity contribution is 0.668. The van der Waals surface area contributed by atoms with E-state index in [9.17, 15) is 0 Å². The Kier molecular flexibility index (Phi) is 16.9. The minimum Gasteiger partial charge on any atom is -0.456 e. The average Bonchev–Trinajstić information content (AvgIpc) is 1.63. The summed E-state index contributed by atoms with van der Waals surface area (Å²) in [6, 6.07) is 156. The van der Waals surface area contributed by atoms with Crippen LogP contribution in [0, 0.1) is 0 Å². The molecule has 0 saturated carbocycles. The Morgan fingerprint density at radius 3 is 0.667 bits per heavy atom. The van der Waals surface area contributed by atoms with Gasteiger partial charge in [-0.05, 0) is 225 Å². The van der Waals surface area contributed by atoms with Gasteiger partial charge in [-0.3, -0.25) is 0 Å². The second-order valence-electron chi connectivity index (χ2n) is 30.3. The molecule has 3 aromatic heterocycles. The third-order valence-corrected chi connectivity index (χ3v) is 23.6. The van der Waals surface area contributed by atoms with Crippen LogP contribution in [0.1, 0.15) is 0 Å². The van der Waals surface area contributed by atoms with E-state index in [1.807, 2.05) is 36.4 Å². The summed E-state index contributed by atoms with van der Waals surface area (Å²) >= 11 is 0. The number of benzene rings is 21. The zero-order valence-corrected chi connectivity index (χ0v) is 63.8. The van der Waals surface area contributed by atoms with Crippen LogP contribution in [0.4, 0.5) is 0 Å². The van der Waals surface area contributed by atoms with E-state index in [2.05, 4.69) is 400 Å². The van der Waals surface area contributed by atoms with Crippen molar-refractivity contribution in [1.82, 2.24) is 0 Å². The summed E-state index contributed by atoms with van der Waals surface area (Å²) in [6.07, 6.45) is 0. The summed E-state index contributed by atoms with van der Waals surface area (Å²) in [6.45, 7) is 0. The average molecular weight is 1490 g/mol. The summed E-state index contributed by atoms with van der Waals surface area (Å²) in [4.78, 5) is 0. The number of hydrogen-bond donors (Lipinski definition) is 0. The first-order valence-electron chi connectivity index (χ1n) is 40.1. The standard InChI is InChI=1S/3C38H24O/c1-2-11-25(12-3-1)26-13-10-14-27(23-26)37-30-16-4-6-18-32(30)38(33-19-7-5-17-31(33)37)28-21-22-36-34(24-28)29-15-8-9-20-35(29)39-36;1-2-10-25(11-3-1)26-18-20-27(21-19-26)37-30-13-4-6-15-32(30)38(33-16-7-5-14-31(33)37)28-22-23-36-34(24-28)29-12-8-9-17-35(29)39-36;1-2-12-25(13-3-1)27-14-4-5-16-29(27)38-32-19-8-6-17-30(32)37(31-18-7-9-20-33(31)38)26-22-23-36-34(24-26)28-15-10-11-21-35(28)39-36/h3*1-24H. The van der Waals surface area contributed by atoms with Crippen molar-refractivity contribution in [2.24, 2.45) is 0 Å². The number of rotatable bonds is 9. The van der Waals surface area contributed by atoms with Crippen molar-refractivity contribution in [3.05, 3.63) is 437 Å².